The van der Waals surface area contributed by atoms with Crippen LogP contribution in [0.1, 0.15) is 40.3 Å². The first kappa shape index (κ1) is 14.2. The third-order valence-electron chi connectivity index (χ3n) is 2.75. The lowest BCUT2D eigenvalue weighted by atomic mass is 10.0. The molecule has 0 aliphatic carbocycles. The van der Waals surface area contributed by atoms with Gasteiger partial charge in [0.15, 0.2) is 0 Å². The molecule has 0 aliphatic rings. The molecule has 0 bridgehead atoms. The lowest BCUT2D eigenvalue weighted by Gasteiger charge is -2.20. The van der Waals surface area contributed by atoms with Crippen molar-refractivity contribution in [2.24, 2.45) is 5.92 Å². The first-order valence-corrected chi connectivity index (χ1v) is 7.78. The molecule has 102 valence electrons. The third-order valence-corrected chi connectivity index (χ3v) is 4.59. The van der Waals surface area contributed by atoms with Crippen LogP contribution >= 0.6 is 22.7 Å². The van der Waals surface area contributed by atoms with Crippen molar-refractivity contribution in [3.63, 3.8) is 0 Å². The third kappa shape index (κ3) is 3.62. The maximum Gasteiger partial charge on any atom is 0.365 e. The average Bonchev–Trinajstić information content (AvgIpc) is 2.98. The maximum absolute atomic E-state index is 10.8. The second-order valence-electron chi connectivity index (χ2n) is 4.57. The molecule has 0 saturated carbocycles. The SMILES string of the molecule is CC(C)C(NCc1csc(C(=O)O)n1)c1cccs1. The summed E-state index contributed by atoms with van der Waals surface area (Å²) < 4.78 is 0. The average molecular weight is 296 g/mol. The highest BCUT2D eigenvalue weighted by atomic mass is 32.1. The standard InChI is InChI=1S/C13H16N2O2S2/c1-8(2)11(10-4-3-5-18-10)14-6-9-7-19-12(15-9)13(16)17/h3-5,7-8,11,14H,6H2,1-2H3,(H,16,17). The van der Waals surface area contributed by atoms with Crippen LogP contribution in [0.25, 0.3) is 0 Å². The van der Waals surface area contributed by atoms with Crippen LogP contribution in [0.15, 0.2) is 22.9 Å². The number of thiophene rings is 1. The second-order valence-corrected chi connectivity index (χ2v) is 6.40. The highest BCUT2D eigenvalue weighted by Gasteiger charge is 2.17. The Hall–Kier alpha value is -1.24. The molecule has 19 heavy (non-hydrogen) atoms. The minimum Gasteiger partial charge on any atom is -0.476 e. The molecule has 2 aromatic rings. The normalized spacial score (nSPS) is 12.8. The van der Waals surface area contributed by atoms with Gasteiger partial charge in [-0.25, -0.2) is 9.78 Å². The minimum atomic E-state index is -0.963. The molecule has 0 aromatic carbocycles. The molecule has 1 unspecified atom stereocenters. The number of carboxylic acids is 1. The van der Waals surface area contributed by atoms with Gasteiger partial charge in [-0.15, -0.1) is 22.7 Å². The van der Waals surface area contributed by atoms with E-state index in [0.717, 1.165) is 5.69 Å². The Balaban J connectivity index is 2.01. The molecule has 0 amide bonds. The van der Waals surface area contributed by atoms with Gasteiger partial charge in [0.2, 0.25) is 5.01 Å². The first-order chi connectivity index (χ1) is 9.08. The lowest BCUT2D eigenvalue weighted by Crippen LogP contribution is -2.24. The summed E-state index contributed by atoms with van der Waals surface area (Å²) >= 11 is 2.90. The van der Waals surface area contributed by atoms with Gasteiger partial charge in [-0.1, -0.05) is 19.9 Å². The van der Waals surface area contributed by atoms with E-state index < -0.39 is 5.97 Å². The zero-order chi connectivity index (χ0) is 13.8. The van der Waals surface area contributed by atoms with Gasteiger partial charge < -0.3 is 10.4 Å². The van der Waals surface area contributed by atoms with E-state index in [4.69, 9.17) is 5.11 Å². The van der Waals surface area contributed by atoms with Gasteiger partial charge in [0, 0.05) is 22.8 Å². The van der Waals surface area contributed by atoms with Gasteiger partial charge in [0.05, 0.1) is 5.69 Å². The predicted molar refractivity (Wildman–Crippen MR) is 77.8 cm³/mol. The summed E-state index contributed by atoms with van der Waals surface area (Å²) in [5, 5.41) is 16.3. The molecule has 6 heteroatoms. The molecule has 4 nitrogen and oxygen atoms in total. The molecule has 2 N–H and O–H groups in total. The van der Waals surface area contributed by atoms with Crippen molar-refractivity contribution in [3.05, 3.63) is 38.5 Å². The Morgan fingerprint density at radius 2 is 2.26 bits per heavy atom. The van der Waals surface area contributed by atoms with Crippen LogP contribution in [0.5, 0.6) is 0 Å². The number of thiazole rings is 1. The zero-order valence-corrected chi connectivity index (χ0v) is 12.4. The van der Waals surface area contributed by atoms with Crippen LogP contribution in [-0.2, 0) is 6.54 Å². The highest BCUT2D eigenvalue weighted by molar-refractivity contribution is 7.11. The minimum absolute atomic E-state index is 0.147. The van der Waals surface area contributed by atoms with Crippen molar-refractivity contribution < 1.29 is 9.90 Å². The molecule has 0 aliphatic heterocycles. The van der Waals surface area contributed by atoms with Gasteiger partial charge in [0.1, 0.15) is 0 Å². The Bertz CT molecular complexity index is 535. The number of nitrogens with zero attached hydrogens (tertiary/aromatic N) is 1. The van der Waals surface area contributed by atoms with Gasteiger partial charge in [-0.05, 0) is 17.4 Å². The van der Waals surface area contributed by atoms with Crippen molar-refractivity contribution in [1.82, 2.24) is 10.3 Å². The smallest absolute Gasteiger partial charge is 0.365 e. The molecule has 0 saturated heterocycles. The molecule has 2 rings (SSSR count). The number of rotatable bonds is 6. The van der Waals surface area contributed by atoms with Crippen LogP contribution in [-0.4, -0.2) is 16.1 Å². The fraction of sp³-hybridized carbons (Fsp3) is 0.385. The van der Waals surface area contributed by atoms with E-state index >= 15 is 0 Å². The van der Waals surface area contributed by atoms with Crippen LogP contribution < -0.4 is 5.32 Å². The zero-order valence-electron chi connectivity index (χ0n) is 10.8. The van der Waals surface area contributed by atoms with Gasteiger partial charge in [-0.3, -0.25) is 0 Å². The fourth-order valence-electron chi connectivity index (χ4n) is 1.83. The van der Waals surface area contributed by atoms with Crippen molar-refractivity contribution in [2.45, 2.75) is 26.4 Å². The summed E-state index contributed by atoms with van der Waals surface area (Å²) in [5.74, 6) is -0.494. The maximum atomic E-state index is 10.8. The van der Waals surface area contributed by atoms with E-state index in [9.17, 15) is 4.79 Å². The molecular weight excluding hydrogens is 280 g/mol. The van der Waals surface area contributed by atoms with E-state index in [1.165, 1.54) is 16.2 Å². The Morgan fingerprint density at radius 3 is 2.79 bits per heavy atom. The van der Waals surface area contributed by atoms with Crippen molar-refractivity contribution >= 4 is 28.6 Å². The van der Waals surface area contributed by atoms with Crippen LogP contribution in [0, 0.1) is 5.92 Å². The number of aromatic carboxylic acids is 1. The summed E-state index contributed by atoms with van der Waals surface area (Å²) in [7, 11) is 0. The lowest BCUT2D eigenvalue weighted by molar-refractivity contribution is 0.0696. The summed E-state index contributed by atoms with van der Waals surface area (Å²) in [6.07, 6.45) is 0. The van der Waals surface area contributed by atoms with E-state index in [1.807, 2.05) is 6.07 Å². The monoisotopic (exact) mass is 296 g/mol. The number of aromatic nitrogens is 1. The predicted octanol–water partition coefficient (Wildman–Crippen LogP) is 3.39. The van der Waals surface area contributed by atoms with E-state index in [-0.39, 0.29) is 11.0 Å². The van der Waals surface area contributed by atoms with Crippen LogP contribution in [0.3, 0.4) is 0 Å². The molecule has 1 atom stereocenters. The summed E-state index contributed by atoms with van der Waals surface area (Å²) in [6.45, 7) is 4.92. The summed E-state index contributed by atoms with van der Waals surface area (Å²) in [4.78, 5) is 16.2. The van der Waals surface area contributed by atoms with Gasteiger partial charge in [0.25, 0.3) is 0 Å². The van der Waals surface area contributed by atoms with Crippen molar-refractivity contribution in [1.29, 1.82) is 0 Å². The van der Waals surface area contributed by atoms with E-state index in [0.29, 0.717) is 12.5 Å². The topological polar surface area (TPSA) is 62.2 Å². The Morgan fingerprint density at radius 1 is 1.47 bits per heavy atom. The summed E-state index contributed by atoms with van der Waals surface area (Å²) in [6, 6.07) is 4.43. The Kier molecular flexibility index (Phi) is 4.68. The molecule has 0 fully saturated rings. The van der Waals surface area contributed by atoms with Crippen LogP contribution in [0.2, 0.25) is 0 Å². The molecule has 0 radical (unpaired) electrons. The fourth-order valence-corrected chi connectivity index (χ4v) is 3.46. The quantitative estimate of drug-likeness (QED) is 0.857. The molecule has 2 heterocycles. The number of carboxylic acid groups (broad SMARTS) is 1. The van der Waals surface area contributed by atoms with Crippen LogP contribution in [0.4, 0.5) is 0 Å². The van der Waals surface area contributed by atoms with Gasteiger partial charge in [-0.2, -0.15) is 0 Å². The Labute approximate surface area is 120 Å². The number of hydrogen-bond acceptors (Lipinski definition) is 5. The van der Waals surface area contributed by atoms with Crippen molar-refractivity contribution in [3.8, 4) is 0 Å². The largest absolute Gasteiger partial charge is 0.476 e. The van der Waals surface area contributed by atoms with E-state index in [2.05, 4.69) is 35.6 Å². The van der Waals surface area contributed by atoms with Gasteiger partial charge >= 0.3 is 5.97 Å². The number of hydrogen-bond donors (Lipinski definition) is 2. The first-order valence-electron chi connectivity index (χ1n) is 6.02. The highest BCUT2D eigenvalue weighted by Crippen LogP contribution is 2.26. The second kappa shape index (κ2) is 6.27. The van der Waals surface area contributed by atoms with E-state index in [1.54, 1.807) is 16.7 Å². The molecule has 0 spiro atoms. The van der Waals surface area contributed by atoms with Crippen molar-refractivity contribution in [2.75, 3.05) is 0 Å². The summed E-state index contributed by atoms with van der Waals surface area (Å²) in [5.41, 5.74) is 0.782. The molecule has 2 aromatic heterocycles. The molecular formula is C13H16N2O2S2. The number of carbonyl (C=O) groups is 1. The number of nitrogens with one attached hydrogen (secondary N) is 1.